The molecule has 0 saturated heterocycles. The van der Waals surface area contributed by atoms with Crippen LogP contribution in [-0.4, -0.2) is 58.1 Å². The SMILES string of the molecule is CSCCCn1ncc([C@@H](C(=O)Nc2ccc(-c3c(C)nn(COCC[Si](C)(C)C)c3C)cc2)C(C2CCCCC2)C2CCCCC2)c1C(N)=O. The van der Waals surface area contributed by atoms with Crippen LogP contribution in [0.15, 0.2) is 30.5 Å². The van der Waals surface area contributed by atoms with Crippen LogP contribution in [-0.2, 0) is 22.8 Å². The molecule has 9 nitrogen and oxygen atoms in total. The number of nitrogens with two attached hydrogens (primary N) is 1. The molecule has 2 aliphatic carbocycles. The zero-order valence-corrected chi connectivity index (χ0v) is 33.8. The van der Waals surface area contributed by atoms with Gasteiger partial charge in [-0.1, -0.05) is 96.0 Å². The first-order valence-electron chi connectivity index (χ1n) is 19.4. The van der Waals surface area contributed by atoms with Crippen molar-refractivity contribution < 1.29 is 14.3 Å². The lowest BCUT2D eigenvalue weighted by Crippen LogP contribution is -2.39. The molecule has 0 aliphatic heterocycles. The molecular formula is C40H62N6O3SSi. The molecule has 2 heterocycles. The number of anilines is 1. The molecule has 1 aromatic carbocycles. The lowest BCUT2D eigenvalue weighted by atomic mass is 9.63. The quantitative estimate of drug-likeness (QED) is 0.106. The van der Waals surface area contributed by atoms with Crippen molar-refractivity contribution in [1.82, 2.24) is 19.6 Å². The van der Waals surface area contributed by atoms with E-state index in [0.717, 1.165) is 78.7 Å². The molecule has 0 bridgehead atoms. The molecule has 0 spiro atoms. The van der Waals surface area contributed by atoms with E-state index in [1.807, 2.05) is 23.7 Å². The Bertz CT molecular complexity index is 1570. The Balaban J connectivity index is 1.43. The standard InChI is InChI=1S/C40H62N6O3SSi/c1-28-35(29(2)46(44-28)27-49-23-25-51(4,5)6)32-18-20-33(21-19-32)43-40(48)37(34-26-42-45(22-13-24-50-3)38(34)39(41)47)36(30-14-9-7-10-15-30)31-16-11-8-12-17-31/h18-21,26,30-31,36-37H,7-17,22-25,27H2,1-6H3,(H2,41,47)(H,43,48)/t37-/m1/s1. The van der Waals surface area contributed by atoms with Crippen LogP contribution in [0.25, 0.3) is 11.1 Å². The summed E-state index contributed by atoms with van der Waals surface area (Å²) >= 11 is 1.77. The zero-order valence-electron chi connectivity index (χ0n) is 32.0. The maximum Gasteiger partial charge on any atom is 0.267 e. The minimum absolute atomic E-state index is 0.0642. The van der Waals surface area contributed by atoms with Crippen molar-refractivity contribution in [3.05, 3.63) is 53.1 Å². The second-order valence-electron chi connectivity index (χ2n) is 16.2. The van der Waals surface area contributed by atoms with Crippen molar-refractivity contribution in [2.45, 2.75) is 129 Å². The highest BCUT2D eigenvalue weighted by Crippen LogP contribution is 2.48. The van der Waals surface area contributed by atoms with Gasteiger partial charge in [0.1, 0.15) is 12.4 Å². The first-order valence-corrected chi connectivity index (χ1v) is 24.5. The largest absolute Gasteiger partial charge is 0.364 e. The highest BCUT2D eigenvalue weighted by Gasteiger charge is 2.43. The number of nitrogens with zero attached hydrogens (tertiary/aromatic N) is 4. The Morgan fingerprint density at radius 3 is 2.18 bits per heavy atom. The molecular weight excluding hydrogens is 673 g/mol. The molecule has 11 heteroatoms. The molecule has 3 N–H and O–H groups in total. The number of amides is 2. The van der Waals surface area contributed by atoms with E-state index in [0.29, 0.717) is 36.4 Å². The molecule has 3 aromatic rings. The molecule has 1 atom stereocenters. The van der Waals surface area contributed by atoms with E-state index in [1.165, 1.54) is 38.5 Å². The Morgan fingerprint density at radius 2 is 1.61 bits per heavy atom. The summed E-state index contributed by atoms with van der Waals surface area (Å²) in [6.07, 6.45) is 16.5. The van der Waals surface area contributed by atoms with Gasteiger partial charge in [-0.2, -0.15) is 22.0 Å². The van der Waals surface area contributed by atoms with E-state index in [9.17, 15) is 9.59 Å². The van der Waals surface area contributed by atoms with Crippen LogP contribution in [0.3, 0.4) is 0 Å². The monoisotopic (exact) mass is 734 g/mol. The number of benzene rings is 1. The number of thioether (sulfide) groups is 1. The fourth-order valence-electron chi connectivity index (χ4n) is 8.63. The third-order valence-corrected chi connectivity index (χ3v) is 13.6. The van der Waals surface area contributed by atoms with Crippen LogP contribution >= 0.6 is 11.8 Å². The van der Waals surface area contributed by atoms with E-state index < -0.39 is 19.9 Å². The maximum atomic E-state index is 14.8. The smallest absolute Gasteiger partial charge is 0.267 e. The lowest BCUT2D eigenvalue weighted by Gasteiger charge is -2.42. The summed E-state index contributed by atoms with van der Waals surface area (Å²) < 4.78 is 9.71. The molecule has 5 rings (SSSR count). The second-order valence-corrected chi connectivity index (χ2v) is 22.8. The molecule has 2 amide bonds. The van der Waals surface area contributed by atoms with Gasteiger partial charge in [0.2, 0.25) is 5.91 Å². The normalized spacial score (nSPS) is 16.8. The Hall–Kier alpha value is -2.89. The number of aromatic nitrogens is 4. The van der Waals surface area contributed by atoms with E-state index in [4.69, 9.17) is 20.7 Å². The number of ether oxygens (including phenoxy) is 1. The number of rotatable bonds is 17. The fraction of sp³-hybridized carbons (Fsp3) is 0.650. The van der Waals surface area contributed by atoms with Crippen molar-refractivity contribution in [2.75, 3.05) is 23.9 Å². The summed E-state index contributed by atoms with van der Waals surface area (Å²) in [6, 6.07) is 9.23. The minimum atomic E-state index is -1.16. The van der Waals surface area contributed by atoms with Crippen LogP contribution in [0.5, 0.6) is 0 Å². The summed E-state index contributed by atoms with van der Waals surface area (Å²) in [4.78, 5) is 28.0. The van der Waals surface area contributed by atoms with Gasteiger partial charge in [0, 0.05) is 43.7 Å². The van der Waals surface area contributed by atoms with Gasteiger partial charge in [0.25, 0.3) is 5.91 Å². The third kappa shape index (κ3) is 10.2. The molecule has 2 saturated carbocycles. The van der Waals surface area contributed by atoms with Gasteiger partial charge in [0.15, 0.2) is 0 Å². The van der Waals surface area contributed by atoms with E-state index in [2.05, 4.69) is 50.3 Å². The number of primary amides is 1. The van der Waals surface area contributed by atoms with Crippen LogP contribution < -0.4 is 11.1 Å². The van der Waals surface area contributed by atoms with E-state index in [-0.39, 0.29) is 11.8 Å². The summed E-state index contributed by atoms with van der Waals surface area (Å²) in [5.41, 5.74) is 12.1. The fourth-order valence-corrected chi connectivity index (χ4v) is 9.80. The number of nitrogens with one attached hydrogen (secondary N) is 1. The number of hydrogen-bond donors (Lipinski definition) is 2. The van der Waals surface area contributed by atoms with Gasteiger partial charge < -0.3 is 15.8 Å². The number of carbonyl (C=O) groups is 2. The van der Waals surface area contributed by atoms with Crippen molar-refractivity contribution in [2.24, 2.45) is 23.5 Å². The number of hydrogen-bond acceptors (Lipinski definition) is 6. The van der Waals surface area contributed by atoms with E-state index >= 15 is 0 Å². The molecule has 2 fully saturated rings. The predicted octanol–water partition coefficient (Wildman–Crippen LogP) is 9.03. The highest BCUT2D eigenvalue weighted by atomic mass is 32.2. The second kappa shape index (κ2) is 18.2. The van der Waals surface area contributed by atoms with Crippen LogP contribution in [0.4, 0.5) is 5.69 Å². The summed E-state index contributed by atoms with van der Waals surface area (Å²) in [5.74, 6) is 0.891. The molecule has 51 heavy (non-hydrogen) atoms. The van der Waals surface area contributed by atoms with Crippen LogP contribution in [0, 0.1) is 31.6 Å². The maximum absolute atomic E-state index is 14.8. The van der Waals surface area contributed by atoms with Gasteiger partial charge in [-0.25, -0.2) is 4.68 Å². The average Bonchev–Trinajstić information content (AvgIpc) is 3.65. The zero-order chi connectivity index (χ0) is 36.5. The van der Waals surface area contributed by atoms with Crippen LogP contribution in [0.2, 0.25) is 25.7 Å². The third-order valence-electron chi connectivity index (χ3n) is 11.2. The predicted molar refractivity (Wildman–Crippen MR) is 213 cm³/mol. The van der Waals surface area contributed by atoms with Gasteiger partial charge in [0.05, 0.1) is 17.8 Å². The van der Waals surface area contributed by atoms with Crippen molar-refractivity contribution in [3.63, 3.8) is 0 Å². The molecule has 2 aromatic heterocycles. The van der Waals surface area contributed by atoms with Gasteiger partial charge in [-0.05, 0) is 73.8 Å². The summed E-state index contributed by atoms with van der Waals surface area (Å²) in [7, 11) is -1.16. The molecule has 0 radical (unpaired) electrons. The minimum Gasteiger partial charge on any atom is -0.364 e. The highest BCUT2D eigenvalue weighted by molar-refractivity contribution is 7.98. The van der Waals surface area contributed by atoms with Crippen molar-refractivity contribution in [3.8, 4) is 11.1 Å². The van der Waals surface area contributed by atoms with E-state index in [1.54, 1.807) is 22.6 Å². The summed E-state index contributed by atoms with van der Waals surface area (Å²) in [6.45, 7) is 13.0. The molecule has 0 unspecified atom stereocenters. The van der Waals surface area contributed by atoms with Gasteiger partial charge in [-0.15, -0.1) is 0 Å². The van der Waals surface area contributed by atoms with Gasteiger partial charge >= 0.3 is 0 Å². The lowest BCUT2D eigenvalue weighted by molar-refractivity contribution is -0.120. The average molecular weight is 735 g/mol. The Labute approximate surface area is 311 Å². The van der Waals surface area contributed by atoms with Crippen molar-refractivity contribution in [1.29, 1.82) is 0 Å². The van der Waals surface area contributed by atoms with Gasteiger partial charge in [-0.3, -0.25) is 14.3 Å². The molecule has 280 valence electrons. The topological polar surface area (TPSA) is 117 Å². The summed E-state index contributed by atoms with van der Waals surface area (Å²) in [5, 5.41) is 12.8. The molecule has 2 aliphatic rings. The Kier molecular flexibility index (Phi) is 14.1. The van der Waals surface area contributed by atoms with Crippen molar-refractivity contribution >= 4 is 37.3 Å². The Morgan fingerprint density at radius 1 is 0.980 bits per heavy atom. The van der Waals surface area contributed by atoms with Crippen LogP contribution in [0.1, 0.15) is 104 Å². The first-order chi connectivity index (χ1) is 24.5. The first kappa shape index (κ1) is 39.3. The number of carbonyl (C=O) groups excluding carboxylic acids is 2. The number of aryl methyl sites for hydroxylation is 2.